The van der Waals surface area contributed by atoms with E-state index in [0.29, 0.717) is 11.1 Å². The lowest BCUT2D eigenvalue weighted by Gasteiger charge is -1.98. The van der Waals surface area contributed by atoms with Gasteiger partial charge in [0.25, 0.3) is 0 Å². The number of carbonyl (C=O) groups excluding carboxylic acids is 1. The standard InChI is InChI=1S/C9H9N3O3/c1-14-7-6-5(3-2-4-11-6)15-8(7)9(13)12-10/h2-4H,10H2,1H3,(H,12,13). The second-order valence-corrected chi connectivity index (χ2v) is 2.79. The first-order valence-electron chi connectivity index (χ1n) is 4.20. The van der Waals surface area contributed by atoms with Gasteiger partial charge in [0.1, 0.15) is 0 Å². The molecule has 2 aromatic rings. The molecule has 3 N–H and O–H groups in total. The Morgan fingerprint density at radius 1 is 1.67 bits per heavy atom. The van der Waals surface area contributed by atoms with Crippen molar-refractivity contribution in [3.63, 3.8) is 0 Å². The van der Waals surface area contributed by atoms with Crippen LogP contribution < -0.4 is 16.0 Å². The Balaban J connectivity index is 2.69. The third kappa shape index (κ3) is 1.40. The second kappa shape index (κ2) is 3.58. The number of hydrazine groups is 1. The zero-order chi connectivity index (χ0) is 10.8. The molecular weight excluding hydrogens is 198 g/mol. The molecule has 0 aromatic carbocycles. The minimum absolute atomic E-state index is 0.0219. The van der Waals surface area contributed by atoms with E-state index in [9.17, 15) is 4.79 Å². The Labute approximate surface area is 85.0 Å². The average Bonchev–Trinajstić information content (AvgIpc) is 2.66. The molecule has 0 saturated heterocycles. The van der Waals surface area contributed by atoms with Gasteiger partial charge in [-0.1, -0.05) is 0 Å². The van der Waals surface area contributed by atoms with Gasteiger partial charge in [-0.2, -0.15) is 0 Å². The highest BCUT2D eigenvalue weighted by Gasteiger charge is 2.21. The van der Waals surface area contributed by atoms with Crippen LogP contribution in [0.15, 0.2) is 22.7 Å². The van der Waals surface area contributed by atoms with E-state index in [1.54, 1.807) is 18.3 Å². The molecule has 6 nitrogen and oxygen atoms in total. The Morgan fingerprint density at radius 3 is 3.13 bits per heavy atom. The molecule has 1 amide bonds. The van der Waals surface area contributed by atoms with Gasteiger partial charge in [-0.3, -0.25) is 10.2 Å². The van der Waals surface area contributed by atoms with Crippen LogP contribution in [0.3, 0.4) is 0 Å². The number of aromatic nitrogens is 1. The fourth-order valence-corrected chi connectivity index (χ4v) is 1.31. The summed E-state index contributed by atoms with van der Waals surface area (Å²) in [7, 11) is 1.44. The van der Waals surface area contributed by atoms with Crippen LogP contribution in [0.25, 0.3) is 11.1 Å². The van der Waals surface area contributed by atoms with Gasteiger partial charge in [0.2, 0.25) is 5.76 Å². The van der Waals surface area contributed by atoms with Crippen LogP contribution in [-0.2, 0) is 0 Å². The fraction of sp³-hybridized carbons (Fsp3) is 0.111. The van der Waals surface area contributed by atoms with E-state index in [0.717, 1.165) is 0 Å². The molecule has 15 heavy (non-hydrogen) atoms. The molecule has 2 rings (SSSR count). The Morgan fingerprint density at radius 2 is 2.47 bits per heavy atom. The molecule has 0 aliphatic rings. The summed E-state index contributed by atoms with van der Waals surface area (Å²) in [5.41, 5.74) is 2.95. The summed E-state index contributed by atoms with van der Waals surface area (Å²) in [5, 5.41) is 0. The van der Waals surface area contributed by atoms with Crippen molar-refractivity contribution in [1.29, 1.82) is 0 Å². The van der Waals surface area contributed by atoms with Crippen molar-refractivity contribution in [3.05, 3.63) is 24.1 Å². The summed E-state index contributed by atoms with van der Waals surface area (Å²) in [5.74, 6) is 4.77. The first-order chi connectivity index (χ1) is 7.27. The molecule has 6 heteroatoms. The molecule has 0 unspecified atom stereocenters. The number of nitrogens with zero attached hydrogens (tertiary/aromatic N) is 1. The van der Waals surface area contributed by atoms with E-state index in [1.165, 1.54) is 7.11 Å². The third-order valence-corrected chi connectivity index (χ3v) is 1.95. The van der Waals surface area contributed by atoms with E-state index in [-0.39, 0.29) is 11.5 Å². The van der Waals surface area contributed by atoms with Crippen LogP contribution in [0.4, 0.5) is 0 Å². The normalized spacial score (nSPS) is 10.3. The first-order valence-corrected chi connectivity index (χ1v) is 4.20. The largest absolute Gasteiger partial charge is 0.491 e. The molecule has 0 saturated carbocycles. The highest BCUT2D eigenvalue weighted by Crippen LogP contribution is 2.30. The number of nitrogens with one attached hydrogen (secondary N) is 1. The van der Waals surface area contributed by atoms with Gasteiger partial charge >= 0.3 is 5.91 Å². The minimum Gasteiger partial charge on any atom is -0.491 e. The summed E-state index contributed by atoms with van der Waals surface area (Å²) in [6, 6.07) is 3.40. The van der Waals surface area contributed by atoms with Crippen molar-refractivity contribution in [3.8, 4) is 5.75 Å². The number of amides is 1. The number of carbonyl (C=O) groups is 1. The molecule has 0 aliphatic carbocycles. The number of ether oxygens (including phenoxy) is 1. The molecule has 78 valence electrons. The average molecular weight is 207 g/mol. The zero-order valence-corrected chi connectivity index (χ0v) is 7.98. The zero-order valence-electron chi connectivity index (χ0n) is 7.98. The monoisotopic (exact) mass is 207 g/mol. The highest BCUT2D eigenvalue weighted by molar-refractivity contribution is 5.99. The summed E-state index contributed by atoms with van der Waals surface area (Å²) in [4.78, 5) is 15.4. The third-order valence-electron chi connectivity index (χ3n) is 1.95. The summed E-state index contributed by atoms with van der Waals surface area (Å²) in [6.07, 6.45) is 1.59. The minimum atomic E-state index is -0.551. The number of methoxy groups -OCH3 is 1. The number of hydrogen-bond acceptors (Lipinski definition) is 5. The highest BCUT2D eigenvalue weighted by atomic mass is 16.5. The van der Waals surface area contributed by atoms with Crippen molar-refractivity contribution in [1.82, 2.24) is 10.4 Å². The van der Waals surface area contributed by atoms with Gasteiger partial charge in [-0.15, -0.1) is 0 Å². The van der Waals surface area contributed by atoms with Crippen molar-refractivity contribution in [2.75, 3.05) is 7.11 Å². The number of hydrogen-bond donors (Lipinski definition) is 2. The maximum atomic E-state index is 11.3. The van der Waals surface area contributed by atoms with Crippen LogP contribution in [0.2, 0.25) is 0 Å². The van der Waals surface area contributed by atoms with Gasteiger partial charge < -0.3 is 9.15 Å². The van der Waals surface area contributed by atoms with Crippen molar-refractivity contribution in [2.45, 2.75) is 0 Å². The Hall–Kier alpha value is -2.08. The molecule has 2 aromatic heterocycles. The van der Waals surface area contributed by atoms with Crippen molar-refractivity contribution >= 4 is 17.0 Å². The van der Waals surface area contributed by atoms with Crippen molar-refractivity contribution < 1.29 is 13.9 Å². The molecule has 0 spiro atoms. The maximum absolute atomic E-state index is 11.3. The maximum Gasteiger partial charge on any atom is 0.304 e. The van der Waals surface area contributed by atoms with E-state index in [1.807, 2.05) is 5.43 Å². The van der Waals surface area contributed by atoms with Gasteiger partial charge in [-0.05, 0) is 12.1 Å². The molecule has 0 atom stereocenters. The smallest absolute Gasteiger partial charge is 0.304 e. The van der Waals surface area contributed by atoms with Gasteiger partial charge in [0, 0.05) is 6.20 Å². The quantitative estimate of drug-likeness (QED) is 0.423. The van der Waals surface area contributed by atoms with Crippen LogP contribution in [-0.4, -0.2) is 18.0 Å². The number of nitrogen functional groups attached to an aromatic ring is 1. The van der Waals surface area contributed by atoms with E-state index < -0.39 is 5.91 Å². The summed E-state index contributed by atoms with van der Waals surface area (Å²) < 4.78 is 10.3. The van der Waals surface area contributed by atoms with E-state index in [2.05, 4.69) is 4.98 Å². The number of rotatable bonds is 2. The first kappa shape index (κ1) is 9.47. The molecule has 0 fully saturated rings. The molecule has 0 aliphatic heterocycles. The second-order valence-electron chi connectivity index (χ2n) is 2.79. The predicted molar refractivity (Wildman–Crippen MR) is 52.2 cm³/mol. The fourth-order valence-electron chi connectivity index (χ4n) is 1.31. The number of nitrogens with two attached hydrogens (primary N) is 1. The van der Waals surface area contributed by atoms with Crippen LogP contribution in [0.1, 0.15) is 10.6 Å². The predicted octanol–water partition coefficient (Wildman–Crippen LogP) is 0.440. The van der Waals surface area contributed by atoms with Gasteiger partial charge in [-0.25, -0.2) is 10.8 Å². The summed E-state index contributed by atoms with van der Waals surface area (Å²) in [6.45, 7) is 0. The van der Waals surface area contributed by atoms with Crippen molar-refractivity contribution in [2.24, 2.45) is 5.84 Å². The molecule has 2 heterocycles. The van der Waals surface area contributed by atoms with Crippen LogP contribution in [0.5, 0.6) is 5.75 Å². The number of pyridine rings is 1. The summed E-state index contributed by atoms with van der Waals surface area (Å²) >= 11 is 0. The van der Waals surface area contributed by atoms with Crippen LogP contribution in [0, 0.1) is 0 Å². The topological polar surface area (TPSA) is 90.4 Å². The molecular formula is C9H9N3O3. The number of furan rings is 1. The van der Waals surface area contributed by atoms with E-state index >= 15 is 0 Å². The van der Waals surface area contributed by atoms with Gasteiger partial charge in [0.05, 0.1) is 7.11 Å². The Bertz CT molecular complexity index is 506. The Kier molecular flexibility index (Phi) is 2.26. The van der Waals surface area contributed by atoms with Crippen LogP contribution >= 0.6 is 0 Å². The SMILES string of the molecule is COc1c(C(=O)NN)oc2cccnc12. The lowest BCUT2D eigenvalue weighted by molar-refractivity contribution is 0.0924. The van der Waals surface area contributed by atoms with Gasteiger partial charge in [0.15, 0.2) is 16.8 Å². The van der Waals surface area contributed by atoms with E-state index in [4.69, 9.17) is 15.0 Å². The number of fused-ring (bicyclic) bond motifs is 1. The molecule has 0 bridgehead atoms. The lowest BCUT2D eigenvalue weighted by atomic mass is 10.3. The molecule has 0 radical (unpaired) electrons. The lowest BCUT2D eigenvalue weighted by Crippen LogP contribution is -2.29.